The molecule has 94 valence electrons. The lowest BCUT2D eigenvalue weighted by Crippen LogP contribution is -2.17. The summed E-state index contributed by atoms with van der Waals surface area (Å²) in [5.74, 6) is 3.51. The van der Waals surface area contributed by atoms with E-state index in [-0.39, 0.29) is 0 Å². The van der Waals surface area contributed by atoms with E-state index in [1.165, 1.54) is 6.42 Å². The molecule has 0 bridgehead atoms. The second-order valence-corrected chi connectivity index (χ2v) is 4.78. The van der Waals surface area contributed by atoms with Crippen molar-refractivity contribution >= 4 is 17.8 Å². The molecule has 1 fully saturated rings. The minimum absolute atomic E-state index is 0.593. The topological polar surface area (TPSA) is 66.0 Å². The average Bonchev–Trinajstić information content (AvgIpc) is 3.02. The lowest BCUT2D eigenvalue weighted by molar-refractivity contribution is 0.779. The van der Waals surface area contributed by atoms with Gasteiger partial charge < -0.3 is 15.5 Å². The first-order valence-electron chi connectivity index (χ1n) is 5.95. The second kappa shape index (κ2) is 4.73. The molecule has 1 aliphatic rings. The zero-order valence-corrected chi connectivity index (χ0v) is 10.9. The number of anilines is 3. The van der Waals surface area contributed by atoms with Gasteiger partial charge in [0.2, 0.25) is 17.8 Å². The van der Waals surface area contributed by atoms with E-state index in [1.54, 1.807) is 0 Å². The molecule has 6 heteroatoms. The van der Waals surface area contributed by atoms with Gasteiger partial charge in [-0.3, -0.25) is 0 Å². The van der Waals surface area contributed by atoms with E-state index in [4.69, 9.17) is 0 Å². The van der Waals surface area contributed by atoms with Gasteiger partial charge in [-0.15, -0.1) is 0 Å². The Balaban J connectivity index is 2.06. The van der Waals surface area contributed by atoms with Crippen molar-refractivity contribution in [3.8, 4) is 0 Å². The summed E-state index contributed by atoms with van der Waals surface area (Å²) in [5.41, 5.74) is 0. The summed E-state index contributed by atoms with van der Waals surface area (Å²) in [4.78, 5) is 14.8. The molecule has 2 rings (SSSR count). The number of hydrogen-bond acceptors (Lipinski definition) is 6. The van der Waals surface area contributed by atoms with Crippen LogP contribution in [0.4, 0.5) is 17.8 Å². The van der Waals surface area contributed by atoms with Gasteiger partial charge in [-0.2, -0.15) is 15.0 Å². The highest BCUT2D eigenvalue weighted by molar-refractivity contribution is 5.42. The standard InChI is InChI=1S/C11H20N6/c1-7-5-8(7)6-13-10-14-9(12-2)15-11(16-10)17(3)4/h7-8H,5-6H2,1-4H3,(H2,12,13,14,15,16). The highest BCUT2D eigenvalue weighted by atomic mass is 15.3. The second-order valence-electron chi connectivity index (χ2n) is 4.78. The third-order valence-corrected chi connectivity index (χ3v) is 3.05. The molecule has 0 spiro atoms. The maximum atomic E-state index is 4.36. The summed E-state index contributed by atoms with van der Waals surface area (Å²) in [6.45, 7) is 3.21. The summed E-state index contributed by atoms with van der Waals surface area (Å²) in [6.07, 6.45) is 1.30. The van der Waals surface area contributed by atoms with Gasteiger partial charge in [0.15, 0.2) is 0 Å². The average molecular weight is 236 g/mol. The van der Waals surface area contributed by atoms with Gasteiger partial charge in [0.1, 0.15) is 0 Å². The van der Waals surface area contributed by atoms with Crippen LogP contribution in [0.3, 0.4) is 0 Å². The first-order chi connectivity index (χ1) is 8.10. The van der Waals surface area contributed by atoms with Crippen LogP contribution < -0.4 is 15.5 Å². The van der Waals surface area contributed by atoms with E-state index in [0.29, 0.717) is 17.8 Å². The maximum absolute atomic E-state index is 4.36. The van der Waals surface area contributed by atoms with Crippen molar-refractivity contribution in [1.82, 2.24) is 15.0 Å². The number of rotatable bonds is 5. The largest absolute Gasteiger partial charge is 0.357 e. The molecule has 1 aliphatic carbocycles. The van der Waals surface area contributed by atoms with Crippen molar-refractivity contribution in [2.24, 2.45) is 11.8 Å². The Kier molecular flexibility index (Phi) is 3.31. The number of hydrogen-bond donors (Lipinski definition) is 2. The molecular formula is C11H20N6. The molecule has 1 aromatic heterocycles. The molecule has 0 radical (unpaired) electrons. The highest BCUT2D eigenvalue weighted by Crippen LogP contribution is 2.37. The lowest BCUT2D eigenvalue weighted by atomic mass is 10.3. The van der Waals surface area contributed by atoms with Crippen LogP contribution in [0, 0.1) is 11.8 Å². The fourth-order valence-electron chi connectivity index (χ4n) is 1.66. The molecule has 1 aromatic rings. The van der Waals surface area contributed by atoms with Gasteiger partial charge in [0.25, 0.3) is 0 Å². The lowest BCUT2D eigenvalue weighted by Gasteiger charge is -2.13. The molecule has 0 saturated heterocycles. The molecule has 2 atom stereocenters. The van der Waals surface area contributed by atoms with Gasteiger partial charge in [-0.25, -0.2) is 0 Å². The van der Waals surface area contributed by atoms with Crippen molar-refractivity contribution in [2.45, 2.75) is 13.3 Å². The van der Waals surface area contributed by atoms with E-state index >= 15 is 0 Å². The molecule has 0 aliphatic heterocycles. The van der Waals surface area contributed by atoms with Crippen molar-refractivity contribution in [2.75, 3.05) is 43.2 Å². The van der Waals surface area contributed by atoms with Gasteiger partial charge in [0, 0.05) is 27.7 Å². The summed E-state index contributed by atoms with van der Waals surface area (Å²) >= 11 is 0. The predicted octanol–water partition coefficient (Wildman–Crippen LogP) is 1.05. The molecule has 0 aromatic carbocycles. The summed E-state index contributed by atoms with van der Waals surface area (Å²) in [6, 6.07) is 0. The van der Waals surface area contributed by atoms with E-state index in [9.17, 15) is 0 Å². The molecule has 6 nitrogen and oxygen atoms in total. The molecule has 2 unspecified atom stereocenters. The van der Waals surface area contributed by atoms with E-state index < -0.39 is 0 Å². The zero-order valence-electron chi connectivity index (χ0n) is 10.9. The Morgan fingerprint density at radius 1 is 1.24 bits per heavy atom. The van der Waals surface area contributed by atoms with Crippen LogP contribution in [0.2, 0.25) is 0 Å². The smallest absolute Gasteiger partial charge is 0.231 e. The number of nitrogens with one attached hydrogen (secondary N) is 2. The molecule has 1 saturated carbocycles. The Hall–Kier alpha value is -1.59. The van der Waals surface area contributed by atoms with E-state index in [0.717, 1.165) is 18.4 Å². The van der Waals surface area contributed by atoms with Crippen molar-refractivity contribution in [3.63, 3.8) is 0 Å². The summed E-state index contributed by atoms with van der Waals surface area (Å²) in [5, 5.41) is 6.22. The Bertz CT molecular complexity index is 392. The van der Waals surface area contributed by atoms with Crippen molar-refractivity contribution in [1.29, 1.82) is 0 Å². The monoisotopic (exact) mass is 236 g/mol. The van der Waals surface area contributed by atoms with Crippen LogP contribution in [0.5, 0.6) is 0 Å². The van der Waals surface area contributed by atoms with E-state index in [1.807, 2.05) is 26.0 Å². The normalized spacial score (nSPS) is 22.1. The minimum Gasteiger partial charge on any atom is -0.357 e. The first kappa shape index (κ1) is 11.9. The van der Waals surface area contributed by atoms with Crippen LogP contribution in [0.25, 0.3) is 0 Å². The maximum Gasteiger partial charge on any atom is 0.231 e. The molecule has 17 heavy (non-hydrogen) atoms. The SMILES string of the molecule is CNc1nc(NCC2CC2C)nc(N(C)C)n1. The van der Waals surface area contributed by atoms with Crippen LogP contribution in [-0.2, 0) is 0 Å². The molecule has 1 heterocycles. The summed E-state index contributed by atoms with van der Waals surface area (Å²) in [7, 11) is 5.64. The van der Waals surface area contributed by atoms with Crippen molar-refractivity contribution in [3.05, 3.63) is 0 Å². The quantitative estimate of drug-likeness (QED) is 0.796. The molecule has 0 amide bonds. The third kappa shape index (κ3) is 2.95. The molecule has 2 N–H and O–H groups in total. The van der Waals surface area contributed by atoms with Crippen LogP contribution in [0.15, 0.2) is 0 Å². The van der Waals surface area contributed by atoms with Crippen LogP contribution >= 0.6 is 0 Å². The Morgan fingerprint density at radius 3 is 2.41 bits per heavy atom. The van der Waals surface area contributed by atoms with Crippen LogP contribution in [0.1, 0.15) is 13.3 Å². The van der Waals surface area contributed by atoms with Gasteiger partial charge in [-0.1, -0.05) is 6.92 Å². The predicted molar refractivity (Wildman–Crippen MR) is 69.5 cm³/mol. The van der Waals surface area contributed by atoms with E-state index in [2.05, 4.69) is 32.5 Å². The third-order valence-electron chi connectivity index (χ3n) is 3.05. The number of nitrogens with zero attached hydrogens (tertiary/aromatic N) is 4. The minimum atomic E-state index is 0.593. The fourth-order valence-corrected chi connectivity index (χ4v) is 1.66. The number of aromatic nitrogens is 3. The fraction of sp³-hybridized carbons (Fsp3) is 0.727. The zero-order chi connectivity index (χ0) is 12.4. The molecular weight excluding hydrogens is 216 g/mol. The summed E-state index contributed by atoms with van der Waals surface area (Å²) < 4.78 is 0. The van der Waals surface area contributed by atoms with Crippen LogP contribution in [-0.4, -0.2) is 42.6 Å². The van der Waals surface area contributed by atoms with Gasteiger partial charge in [0.05, 0.1) is 0 Å². The first-order valence-corrected chi connectivity index (χ1v) is 5.95. The highest BCUT2D eigenvalue weighted by Gasteiger charge is 2.32. The van der Waals surface area contributed by atoms with Crippen molar-refractivity contribution < 1.29 is 0 Å². The van der Waals surface area contributed by atoms with Gasteiger partial charge in [-0.05, 0) is 18.3 Å². The Labute approximate surface area is 102 Å². The van der Waals surface area contributed by atoms with Gasteiger partial charge >= 0.3 is 0 Å². The Morgan fingerprint density at radius 2 is 1.88 bits per heavy atom.